The Hall–Kier alpha value is -3.19. The van der Waals surface area contributed by atoms with Gasteiger partial charge in [0.2, 0.25) is 5.91 Å². The van der Waals surface area contributed by atoms with Crippen LogP contribution in [0.15, 0.2) is 53.9 Å². The van der Waals surface area contributed by atoms with E-state index in [0.29, 0.717) is 24.3 Å². The molecule has 4 rings (SSSR count). The number of urea groups is 1. The molecule has 1 saturated carbocycles. The maximum Gasteiger partial charge on any atom is 0.319 e. The predicted octanol–water partition coefficient (Wildman–Crippen LogP) is 4.83. The molecule has 0 unspecified atom stereocenters. The van der Waals surface area contributed by atoms with E-state index in [1.54, 1.807) is 29.5 Å². The van der Waals surface area contributed by atoms with Gasteiger partial charge in [-0.25, -0.2) is 9.78 Å². The van der Waals surface area contributed by atoms with Crippen molar-refractivity contribution in [3.8, 4) is 10.6 Å². The number of nitrogens with zero attached hydrogens (tertiary/aromatic N) is 1. The summed E-state index contributed by atoms with van der Waals surface area (Å²) in [5.74, 6) is 0.187. The van der Waals surface area contributed by atoms with Crippen molar-refractivity contribution in [3.05, 3.63) is 65.2 Å². The molecule has 1 fully saturated rings. The maximum atomic E-state index is 12.2. The van der Waals surface area contributed by atoms with Crippen LogP contribution in [-0.4, -0.2) is 23.5 Å². The number of benzene rings is 2. The minimum atomic E-state index is -0.283. The number of carbonyl (C=O) groups excluding carboxylic acids is 2. The molecule has 7 heteroatoms. The highest BCUT2D eigenvalue weighted by atomic mass is 32.1. The quantitative estimate of drug-likeness (QED) is 0.512. The number of hydrogen-bond donors (Lipinski definition) is 3. The van der Waals surface area contributed by atoms with E-state index < -0.39 is 0 Å². The third-order valence-electron chi connectivity index (χ3n) is 4.85. The number of aryl methyl sites for hydroxylation is 1. The van der Waals surface area contributed by atoms with Gasteiger partial charge in [0.1, 0.15) is 5.01 Å². The Balaban J connectivity index is 1.24. The summed E-state index contributed by atoms with van der Waals surface area (Å²) < 4.78 is 0. The van der Waals surface area contributed by atoms with E-state index >= 15 is 0 Å². The van der Waals surface area contributed by atoms with Gasteiger partial charge in [0.15, 0.2) is 0 Å². The van der Waals surface area contributed by atoms with Gasteiger partial charge in [0.05, 0.1) is 5.69 Å². The van der Waals surface area contributed by atoms with E-state index in [-0.39, 0.29) is 17.9 Å². The van der Waals surface area contributed by atoms with Gasteiger partial charge < -0.3 is 16.0 Å². The standard InChI is InChI=1S/C23H24N4O2S/c1-15-5-7-17(8-6-15)22-26-20(14-30-22)11-12-24-23(29)27-19-4-2-3-18(13-19)25-21(28)16-9-10-16/h2-8,13-14,16H,9-12H2,1H3,(H,25,28)(H2,24,27,29). The molecular formula is C23H24N4O2S. The monoisotopic (exact) mass is 420 g/mol. The first-order valence-electron chi connectivity index (χ1n) is 10.0. The van der Waals surface area contributed by atoms with Crippen LogP contribution in [-0.2, 0) is 11.2 Å². The topological polar surface area (TPSA) is 83.1 Å². The molecule has 0 bridgehead atoms. The molecule has 3 N–H and O–H groups in total. The van der Waals surface area contributed by atoms with Crippen molar-refractivity contribution >= 4 is 34.6 Å². The molecule has 30 heavy (non-hydrogen) atoms. The van der Waals surface area contributed by atoms with Gasteiger partial charge in [0, 0.05) is 41.2 Å². The maximum absolute atomic E-state index is 12.2. The number of nitrogens with one attached hydrogen (secondary N) is 3. The van der Waals surface area contributed by atoms with E-state index in [1.165, 1.54) is 5.56 Å². The first-order chi connectivity index (χ1) is 14.6. The van der Waals surface area contributed by atoms with E-state index in [2.05, 4.69) is 52.1 Å². The number of rotatable bonds is 7. The molecule has 1 aromatic heterocycles. The smallest absolute Gasteiger partial charge is 0.319 e. The van der Waals surface area contributed by atoms with Crippen LogP contribution >= 0.6 is 11.3 Å². The normalized spacial score (nSPS) is 13.0. The van der Waals surface area contributed by atoms with Gasteiger partial charge in [0.25, 0.3) is 0 Å². The molecule has 0 atom stereocenters. The van der Waals surface area contributed by atoms with Crippen molar-refractivity contribution in [3.63, 3.8) is 0 Å². The molecule has 1 aliphatic rings. The number of hydrogen-bond acceptors (Lipinski definition) is 4. The predicted molar refractivity (Wildman–Crippen MR) is 121 cm³/mol. The Morgan fingerprint density at radius 2 is 1.80 bits per heavy atom. The molecule has 154 valence electrons. The number of thiazole rings is 1. The summed E-state index contributed by atoms with van der Waals surface area (Å²) in [7, 11) is 0. The van der Waals surface area contributed by atoms with Gasteiger partial charge in [-0.1, -0.05) is 35.9 Å². The minimum absolute atomic E-state index is 0.0462. The molecule has 0 radical (unpaired) electrons. The van der Waals surface area contributed by atoms with Crippen molar-refractivity contribution in [2.24, 2.45) is 5.92 Å². The molecule has 0 saturated heterocycles. The second kappa shape index (κ2) is 9.09. The van der Waals surface area contributed by atoms with Crippen molar-refractivity contribution < 1.29 is 9.59 Å². The van der Waals surface area contributed by atoms with Crippen LogP contribution in [0.3, 0.4) is 0 Å². The molecule has 6 nitrogen and oxygen atoms in total. The largest absolute Gasteiger partial charge is 0.337 e. The summed E-state index contributed by atoms with van der Waals surface area (Å²) in [6, 6.07) is 15.2. The van der Waals surface area contributed by atoms with Gasteiger partial charge >= 0.3 is 6.03 Å². The van der Waals surface area contributed by atoms with E-state index in [9.17, 15) is 9.59 Å². The van der Waals surface area contributed by atoms with E-state index in [4.69, 9.17) is 0 Å². The zero-order valence-corrected chi connectivity index (χ0v) is 17.6. The Morgan fingerprint density at radius 3 is 2.53 bits per heavy atom. The number of aromatic nitrogens is 1. The summed E-state index contributed by atoms with van der Waals surface area (Å²) in [6.45, 7) is 2.55. The van der Waals surface area contributed by atoms with Crippen molar-refractivity contribution in [2.45, 2.75) is 26.2 Å². The lowest BCUT2D eigenvalue weighted by Gasteiger charge is -2.09. The average molecular weight is 421 g/mol. The fourth-order valence-corrected chi connectivity index (χ4v) is 3.85. The van der Waals surface area contributed by atoms with Gasteiger partial charge in [-0.3, -0.25) is 4.79 Å². The van der Waals surface area contributed by atoms with Crippen molar-refractivity contribution in [1.29, 1.82) is 0 Å². The molecule has 1 heterocycles. The Kier molecular flexibility index (Phi) is 6.09. The summed E-state index contributed by atoms with van der Waals surface area (Å²) in [5, 5.41) is 11.6. The van der Waals surface area contributed by atoms with Crippen LogP contribution in [0.1, 0.15) is 24.1 Å². The Labute approximate surface area is 179 Å². The SMILES string of the molecule is Cc1ccc(-c2nc(CCNC(=O)Nc3cccc(NC(=O)C4CC4)c3)cs2)cc1. The Morgan fingerprint density at radius 1 is 1.07 bits per heavy atom. The van der Waals surface area contributed by atoms with E-state index in [1.807, 2.05) is 11.4 Å². The van der Waals surface area contributed by atoms with Crippen molar-refractivity contribution in [2.75, 3.05) is 17.2 Å². The van der Waals surface area contributed by atoms with Crippen LogP contribution in [0.25, 0.3) is 10.6 Å². The number of carbonyl (C=O) groups is 2. The molecule has 0 spiro atoms. The van der Waals surface area contributed by atoms with Gasteiger partial charge in [-0.2, -0.15) is 0 Å². The lowest BCUT2D eigenvalue weighted by atomic mass is 10.2. The Bertz CT molecular complexity index is 1040. The van der Waals surface area contributed by atoms with Crippen LogP contribution in [0.4, 0.5) is 16.2 Å². The highest BCUT2D eigenvalue weighted by molar-refractivity contribution is 7.13. The number of anilines is 2. The second-order valence-electron chi connectivity index (χ2n) is 7.49. The van der Waals surface area contributed by atoms with E-state index in [0.717, 1.165) is 29.1 Å². The fourth-order valence-electron chi connectivity index (χ4n) is 2.99. The highest BCUT2D eigenvalue weighted by Crippen LogP contribution is 2.30. The van der Waals surface area contributed by atoms with Crippen LogP contribution < -0.4 is 16.0 Å². The fraction of sp³-hybridized carbons (Fsp3) is 0.261. The molecule has 1 aliphatic carbocycles. The molecule has 3 amide bonds. The molecule has 3 aromatic rings. The lowest BCUT2D eigenvalue weighted by molar-refractivity contribution is -0.117. The van der Waals surface area contributed by atoms with Crippen LogP contribution in [0.5, 0.6) is 0 Å². The second-order valence-corrected chi connectivity index (χ2v) is 8.34. The first kappa shape index (κ1) is 20.1. The minimum Gasteiger partial charge on any atom is -0.337 e. The summed E-state index contributed by atoms with van der Waals surface area (Å²) in [6.07, 6.45) is 2.57. The molecular weight excluding hydrogens is 396 g/mol. The van der Waals surface area contributed by atoms with Crippen LogP contribution in [0.2, 0.25) is 0 Å². The van der Waals surface area contributed by atoms with Gasteiger partial charge in [-0.15, -0.1) is 11.3 Å². The first-order valence-corrected chi connectivity index (χ1v) is 10.9. The third-order valence-corrected chi connectivity index (χ3v) is 5.79. The lowest BCUT2D eigenvalue weighted by Crippen LogP contribution is -2.30. The highest BCUT2D eigenvalue weighted by Gasteiger charge is 2.29. The van der Waals surface area contributed by atoms with Crippen LogP contribution in [0, 0.1) is 12.8 Å². The number of amides is 3. The summed E-state index contributed by atoms with van der Waals surface area (Å²) in [5.41, 5.74) is 4.62. The zero-order chi connectivity index (χ0) is 20.9. The molecule has 2 aromatic carbocycles. The van der Waals surface area contributed by atoms with Crippen molar-refractivity contribution in [1.82, 2.24) is 10.3 Å². The zero-order valence-electron chi connectivity index (χ0n) is 16.8. The van der Waals surface area contributed by atoms with Gasteiger partial charge in [-0.05, 0) is 38.0 Å². The molecule has 0 aliphatic heterocycles. The summed E-state index contributed by atoms with van der Waals surface area (Å²) in [4.78, 5) is 28.7. The third kappa shape index (κ3) is 5.45. The average Bonchev–Trinajstić information content (AvgIpc) is 3.48. The summed E-state index contributed by atoms with van der Waals surface area (Å²) >= 11 is 1.61.